The van der Waals surface area contributed by atoms with Crippen molar-refractivity contribution < 1.29 is 22.4 Å². The largest absolute Gasteiger partial charge is 0.416 e. The number of carbonyl (C=O) groups is 1. The summed E-state index contributed by atoms with van der Waals surface area (Å²) in [6, 6.07) is 7.44. The lowest BCUT2D eigenvalue weighted by molar-refractivity contribution is -0.138. The number of anilines is 2. The quantitative estimate of drug-likeness (QED) is 0.417. The van der Waals surface area contributed by atoms with Crippen LogP contribution in [0, 0.1) is 5.82 Å². The van der Waals surface area contributed by atoms with Crippen LogP contribution in [0.1, 0.15) is 23.6 Å². The Bertz CT molecular complexity index is 1400. The second-order valence-corrected chi connectivity index (χ2v) is 7.72. The molecule has 0 saturated carbocycles. The summed E-state index contributed by atoms with van der Waals surface area (Å²) < 4.78 is 54.7. The average molecular weight is 472 g/mol. The van der Waals surface area contributed by atoms with Crippen molar-refractivity contribution in [3.05, 3.63) is 65.1 Å². The number of nitrogens with zero attached hydrogens (tertiary/aromatic N) is 4. The van der Waals surface area contributed by atoms with Gasteiger partial charge in [-0.05, 0) is 47.9 Å². The fourth-order valence-corrected chi connectivity index (χ4v) is 3.79. The Balaban J connectivity index is 1.61. The number of nitrogen functional groups attached to an aromatic ring is 1. The van der Waals surface area contributed by atoms with E-state index < -0.39 is 35.4 Å². The third kappa shape index (κ3) is 4.68. The van der Waals surface area contributed by atoms with Gasteiger partial charge < -0.3 is 11.1 Å². The molecule has 0 bridgehead atoms. The molecule has 0 aliphatic rings. The number of hydrogen-bond acceptors (Lipinski definition) is 5. The third-order valence-electron chi connectivity index (χ3n) is 5.33. The zero-order chi connectivity index (χ0) is 24.6. The highest BCUT2D eigenvalue weighted by Crippen LogP contribution is 2.33. The predicted molar refractivity (Wildman–Crippen MR) is 119 cm³/mol. The third-order valence-corrected chi connectivity index (χ3v) is 5.33. The van der Waals surface area contributed by atoms with Gasteiger partial charge in [0, 0.05) is 30.3 Å². The maximum absolute atomic E-state index is 13.5. The van der Waals surface area contributed by atoms with E-state index >= 15 is 0 Å². The molecule has 0 unspecified atom stereocenters. The van der Waals surface area contributed by atoms with Crippen LogP contribution in [0.3, 0.4) is 0 Å². The predicted octanol–water partition coefficient (Wildman–Crippen LogP) is 4.51. The normalized spacial score (nSPS) is 11.7. The van der Waals surface area contributed by atoms with Crippen LogP contribution in [0.25, 0.3) is 22.2 Å². The number of alkyl halides is 3. The second-order valence-electron chi connectivity index (χ2n) is 7.72. The minimum atomic E-state index is -4.71. The van der Waals surface area contributed by atoms with Crippen LogP contribution in [-0.2, 0) is 30.9 Å². The van der Waals surface area contributed by atoms with E-state index in [-0.39, 0.29) is 11.8 Å². The molecule has 1 amide bonds. The molecule has 4 rings (SSSR count). The van der Waals surface area contributed by atoms with Crippen LogP contribution in [0.2, 0.25) is 0 Å². The molecule has 11 heteroatoms. The number of amides is 1. The minimum absolute atomic E-state index is 0.152. The summed E-state index contributed by atoms with van der Waals surface area (Å²) in [6.07, 6.45) is -3.05. The van der Waals surface area contributed by atoms with Gasteiger partial charge in [0.1, 0.15) is 5.82 Å². The highest BCUT2D eigenvalue weighted by atomic mass is 19.4. The van der Waals surface area contributed by atoms with Crippen LogP contribution in [0.15, 0.2) is 42.6 Å². The van der Waals surface area contributed by atoms with Gasteiger partial charge in [0.15, 0.2) is 5.82 Å². The smallest absolute Gasteiger partial charge is 0.368 e. The van der Waals surface area contributed by atoms with Crippen molar-refractivity contribution >= 4 is 28.6 Å². The van der Waals surface area contributed by atoms with Crippen molar-refractivity contribution in [2.75, 3.05) is 11.1 Å². The molecule has 34 heavy (non-hydrogen) atoms. The number of fused-ring (bicyclic) bond motifs is 1. The molecule has 0 radical (unpaired) electrons. The second kappa shape index (κ2) is 8.73. The van der Waals surface area contributed by atoms with E-state index in [1.54, 1.807) is 19.3 Å². The molecule has 4 aromatic rings. The summed E-state index contributed by atoms with van der Waals surface area (Å²) >= 11 is 0. The Hall–Kier alpha value is -4.02. The number of aromatic nitrogens is 4. The van der Waals surface area contributed by atoms with Crippen LogP contribution < -0.4 is 11.1 Å². The molecule has 7 nitrogen and oxygen atoms in total. The van der Waals surface area contributed by atoms with Crippen molar-refractivity contribution in [1.82, 2.24) is 19.7 Å². The van der Waals surface area contributed by atoms with Gasteiger partial charge in [-0.15, -0.1) is 0 Å². The molecular formula is C23H20F4N6O. The SMILES string of the molecule is CCc1cc(-c2cc(NC(=O)Cc3cc(F)ccc3C(F)(F)F)nn2C)cc2cnc(N)nc12. The number of halogens is 4. The molecule has 0 saturated heterocycles. The molecular weight excluding hydrogens is 452 g/mol. The number of rotatable bonds is 5. The summed E-state index contributed by atoms with van der Waals surface area (Å²) in [5.41, 5.74) is 7.32. The zero-order valence-electron chi connectivity index (χ0n) is 18.2. The Labute approximate surface area is 191 Å². The monoisotopic (exact) mass is 472 g/mol. The van der Waals surface area contributed by atoms with Crippen LogP contribution in [0.5, 0.6) is 0 Å². The molecule has 0 atom stereocenters. The topological polar surface area (TPSA) is 98.7 Å². The average Bonchev–Trinajstić information content (AvgIpc) is 3.11. The number of benzene rings is 2. The van der Waals surface area contributed by atoms with E-state index in [4.69, 9.17) is 5.73 Å². The molecule has 0 spiro atoms. The van der Waals surface area contributed by atoms with E-state index in [1.807, 2.05) is 19.1 Å². The van der Waals surface area contributed by atoms with Gasteiger partial charge in [0.05, 0.1) is 23.2 Å². The van der Waals surface area contributed by atoms with Gasteiger partial charge in [0.25, 0.3) is 0 Å². The van der Waals surface area contributed by atoms with Crippen LogP contribution >= 0.6 is 0 Å². The van der Waals surface area contributed by atoms with Gasteiger partial charge in [-0.2, -0.15) is 18.3 Å². The van der Waals surface area contributed by atoms with Crippen LogP contribution in [-0.4, -0.2) is 25.7 Å². The Morgan fingerprint density at radius 1 is 1.15 bits per heavy atom. The molecule has 2 aromatic carbocycles. The molecule has 3 N–H and O–H groups in total. The number of nitrogens with one attached hydrogen (secondary N) is 1. The van der Waals surface area contributed by atoms with Gasteiger partial charge in [0.2, 0.25) is 11.9 Å². The Morgan fingerprint density at radius 2 is 1.91 bits per heavy atom. The standard InChI is InChI=1S/C23H20F4N6O/c1-3-12-6-14(7-15-11-29-22(28)31-21(12)15)18-10-19(32-33(18)2)30-20(34)9-13-8-16(24)4-5-17(13)23(25,26)27/h4-8,10-11H,3,9H2,1-2H3,(H2,28,29,31)(H,30,32,34). The first-order valence-electron chi connectivity index (χ1n) is 10.3. The Kier molecular flexibility index (Phi) is 5.94. The number of aryl methyl sites for hydroxylation is 2. The number of hydrogen-bond donors (Lipinski definition) is 2. The van der Waals surface area contributed by atoms with Gasteiger partial charge >= 0.3 is 6.18 Å². The van der Waals surface area contributed by atoms with Crippen molar-refractivity contribution in [1.29, 1.82) is 0 Å². The first-order valence-corrected chi connectivity index (χ1v) is 10.3. The zero-order valence-corrected chi connectivity index (χ0v) is 18.2. The van der Waals surface area contributed by atoms with Crippen molar-refractivity contribution in [3.63, 3.8) is 0 Å². The minimum Gasteiger partial charge on any atom is -0.368 e. The Morgan fingerprint density at radius 3 is 2.62 bits per heavy atom. The highest BCUT2D eigenvalue weighted by molar-refractivity contribution is 5.93. The van der Waals surface area contributed by atoms with Gasteiger partial charge in [-0.3, -0.25) is 9.48 Å². The molecule has 0 aliphatic carbocycles. The first-order chi connectivity index (χ1) is 16.0. The lowest BCUT2D eigenvalue weighted by atomic mass is 10.0. The summed E-state index contributed by atoms with van der Waals surface area (Å²) in [4.78, 5) is 20.8. The van der Waals surface area contributed by atoms with Crippen molar-refractivity contribution in [2.24, 2.45) is 7.05 Å². The molecule has 0 fully saturated rings. The maximum Gasteiger partial charge on any atom is 0.416 e. The fraction of sp³-hybridized carbons (Fsp3) is 0.217. The van der Waals surface area contributed by atoms with E-state index in [0.717, 1.165) is 22.0 Å². The number of carbonyl (C=O) groups excluding carboxylic acids is 1. The highest BCUT2D eigenvalue weighted by Gasteiger charge is 2.34. The van der Waals surface area contributed by atoms with Crippen molar-refractivity contribution in [2.45, 2.75) is 25.9 Å². The van der Waals surface area contributed by atoms with Crippen molar-refractivity contribution in [3.8, 4) is 11.3 Å². The van der Waals surface area contributed by atoms with E-state index in [2.05, 4.69) is 20.4 Å². The number of nitrogens with two attached hydrogens (primary N) is 1. The van der Waals surface area contributed by atoms with E-state index in [1.165, 1.54) is 4.68 Å². The summed E-state index contributed by atoms with van der Waals surface area (Å²) in [6.45, 7) is 1.98. The van der Waals surface area contributed by atoms with E-state index in [9.17, 15) is 22.4 Å². The molecule has 176 valence electrons. The van der Waals surface area contributed by atoms with Gasteiger partial charge in [-0.1, -0.05) is 6.92 Å². The lowest BCUT2D eigenvalue weighted by Crippen LogP contribution is -2.18. The first kappa shape index (κ1) is 23.1. The lowest BCUT2D eigenvalue weighted by Gasteiger charge is -2.12. The summed E-state index contributed by atoms with van der Waals surface area (Å²) in [7, 11) is 1.68. The van der Waals surface area contributed by atoms with Crippen LogP contribution in [0.4, 0.5) is 29.3 Å². The molecule has 0 aliphatic heterocycles. The molecule has 2 heterocycles. The fourth-order valence-electron chi connectivity index (χ4n) is 3.79. The summed E-state index contributed by atoms with van der Waals surface area (Å²) in [5.74, 6) is -1.28. The van der Waals surface area contributed by atoms with Gasteiger partial charge in [-0.25, -0.2) is 14.4 Å². The van der Waals surface area contributed by atoms with E-state index in [0.29, 0.717) is 30.3 Å². The maximum atomic E-state index is 13.5. The molecule has 2 aromatic heterocycles. The summed E-state index contributed by atoms with van der Waals surface area (Å²) in [5, 5.41) is 7.51.